The number of carbonyl (C=O) groups is 3. The maximum Gasteiger partial charge on any atom is 0.324 e. The minimum Gasteiger partial charge on any atom is -0.465 e. The van der Waals surface area contributed by atoms with E-state index in [-0.39, 0.29) is 12.5 Å². The molecule has 0 spiro atoms. The quantitative estimate of drug-likeness (QED) is 0.413. The molecular formula is C30H32N2O7. The van der Waals surface area contributed by atoms with Gasteiger partial charge in [-0.1, -0.05) is 48.0 Å². The largest absolute Gasteiger partial charge is 0.465 e. The fraction of sp³-hybridized carbons (Fsp3) is 0.433. The van der Waals surface area contributed by atoms with Crippen LogP contribution in [0.15, 0.2) is 66.4 Å². The predicted octanol–water partition coefficient (Wildman–Crippen LogP) is 3.31. The van der Waals surface area contributed by atoms with Gasteiger partial charge in [-0.2, -0.15) is 0 Å². The van der Waals surface area contributed by atoms with Gasteiger partial charge in [0.05, 0.1) is 30.2 Å². The summed E-state index contributed by atoms with van der Waals surface area (Å²) in [6.45, 7) is 7.75. The molecule has 0 radical (unpaired) electrons. The third-order valence-corrected chi connectivity index (χ3v) is 7.78. The standard InChI is InChI=1S/C30H32N2O7/c1-5-36-28(35)25-23-22(26(33)32(27(23)34)19-13-11-17(2)12-14-19)24(31(25)16-18-9-7-6-8-10-18)20-15-21-29(37-20)39-30(3,4)38-21/h6-15,21-25,29H,5,16H2,1-4H3/t21-,22+,23-,24-,25+,29-/m1/s1. The highest BCUT2D eigenvalue weighted by Crippen LogP contribution is 2.49. The number of rotatable bonds is 6. The molecule has 2 aromatic carbocycles. The highest BCUT2D eigenvalue weighted by atomic mass is 16.8. The van der Waals surface area contributed by atoms with Crippen LogP contribution in [0.1, 0.15) is 31.9 Å². The topological polar surface area (TPSA) is 94.6 Å². The van der Waals surface area contributed by atoms with Gasteiger partial charge in [-0.05, 0) is 51.5 Å². The first-order chi connectivity index (χ1) is 18.7. The molecule has 0 aromatic heterocycles. The zero-order valence-corrected chi connectivity index (χ0v) is 22.4. The second-order valence-electron chi connectivity index (χ2n) is 10.9. The molecule has 6 atom stereocenters. The molecule has 4 aliphatic heterocycles. The Bertz CT molecular complexity index is 1320. The van der Waals surface area contributed by atoms with E-state index in [0.29, 0.717) is 18.0 Å². The van der Waals surface area contributed by atoms with E-state index in [9.17, 15) is 14.4 Å². The smallest absolute Gasteiger partial charge is 0.324 e. The van der Waals surface area contributed by atoms with Crippen LogP contribution in [0.3, 0.4) is 0 Å². The second kappa shape index (κ2) is 9.59. The highest BCUT2D eigenvalue weighted by molar-refractivity contribution is 6.23. The van der Waals surface area contributed by atoms with Crippen molar-refractivity contribution >= 4 is 23.5 Å². The van der Waals surface area contributed by atoms with Gasteiger partial charge in [0.1, 0.15) is 17.9 Å². The normalized spacial score (nSPS) is 31.2. The maximum atomic E-state index is 14.1. The van der Waals surface area contributed by atoms with Crippen LogP contribution < -0.4 is 4.90 Å². The number of nitrogens with zero attached hydrogens (tertiary/aromatic N) is 2. The zero-order valence-electron chi connectivity index (χ0n) is 22.4. The maximum absolute atomic E-state index is 14.1. The molecular weight excluding hydrogens is 500 g/mol. The van der Waals surface area contributed by atoms with Crippen molar-refractivity contribution in [1.29, 1.82) is 0 Å². The molecule has 0 saturated carbocycles. The van der Waals surface area contributed by atoms with Gasteiger partial charge in [0.15, 0.2) is 5.79 Å². The summed E-state index contributed by atoms with van der Waals surface area (Å²) >= 11 is 0. The lowest BCUT2D eigenvalue weighted by atomic mass is 9.88. The minimum atomic E-state index is -0.977. The zero-order chi connectivity index (χ0) is 27.5. The molecule has 0 bridgehead atoms. The molecule has 3 fully saturated rings. The number of carbonyl (C=O) groups excluding carboxylic acids is 3. The summed E-state index contributed by atoms with van der Waals surface area (Å²) in [7, 11) is 0. The van der Waals surface area contributed by atoms with E-state index in [2.05, 4.69) is 0 Å². The number of ether oxygens (including phenoxy) is 4. The lowest BCUT2D eigenvalue weighted by Crippen LogP contribution is -2.49. The third-order valence-electron chi connectivity index (χ3n) is 7.78. The first-order valence-corrected chi connectivity index (χ1v) is 13.3. The number of likely N-dealkylation sites (tertiary alicyclic amines) is 1. The van der Waals surface area contributed by atoms with Crippen LogP contribution in [-0.4, -0.2) is 59.6 Å². The van der Waals surface area contributed by atoms with Crippen LogP contribution in [0.25, 0.3) is 0 Å². The number of hydrogen-bond acceptors (Lipinski definition) is 8. The minimum absolute atomic E-state index is 0.153. The van der Waals surface area contributed by atoms with E-state index in [0.717, 1.165) is 11.1 Å². The monoisotopic (exact) mass is 532 g/mol. The Hall–Kier alpha value is -3.53. The number of aryl methyl sites for hydroxylation is 1. The molecule has 2 aromatic rings. The lowest BCUT2D eigenvalue weighted by molar-refractivity contribution is -0.184. The van der Waals surface area contributed by atoms with E-state index < -0.39 is 54.0 Å². The summed E-state index contributed by atoms with van der Waals surface area (Å²) in [6.07, 6.45) is 0.682. The van der Waals surface area contributed by atoms with Crippen molar-refractivity contribution in [3.05, 3.63) is 77.6 Å². The Morgan fingerprint density at radius 1 is 0.974 bits per heavy atom. The van der Waals surface area contributed by atoms with Gasteiger partial charge in [0.2, 0.25) is 18.1 Å². The number of anilines is 1. The second-order valence-corrected chi connectivity index (χ2v) is 10.9. The molecule has 4 aliphatic rings. The van der Waals surface area contributed by atoms with Crippen molar-refractivity contribution in [2.75, 3.05) is 11.5 Å². The molecule has 39 heavy (non-hydrogen) atoms. The molecule has 0 unspecified atom stereocenters. The summed E-state index contributed by atoms with van der Waals surface area (Å²) < 4.78 is 23.6. The van der Waals surface area contributed by atoms with Crippen molar-refractivity contribution in [2.24, 2.45) is 11.8 Å². The molecule has 2 amide bonds. The van der Waals surface area contributed by atoms with Crippen LogP contribution in [-0.2, 0) is 39.9 Å². The van der Waals surface area contributed by atoms with Gasteiger partial charge in [0, 0.05) is 6.54 Å². The first-order valence-electron chi connectivity index (χ1n) is 13.3. The van der Waals surface area contributed by atoms with E-state index >= 15 is 0 Å². The molecule has 9 heteroatoms. The summed E-state index contributed by atoms with van der Waals surface area (Å²) in [5.74, 6) is -3.46. The first kappa shape index (κ1) is 25.7. The van der Waals surface area contributed by atoms with E-state index in [1.807, 2.05) is 74.2 Å². The number of esters is 1. The van der Waals surface area contributed by atoms with Crippen molar-refractivity contribution in [3.63, 3.8) is 0 Å². The van der Waals surface area contributed by atoms with E-state index in [1.165, 1.54) is 4.90 Å². The van der Waals surface area contributed by atoms with Crippen molar-refractivity contribution in [1.82, 2.24) is 4.90 Å². The summed E-state index contributed by atoms with van der Waals surface area (Å²) in [5, 5.41) is 0. The molecule has 0 N–H and O–H groups in total. The summed E-state index contributed by atoms with van der Waals surface area (Å²) in [4.78, 5) is 44.7. The Kier molecular flexibility index (Phi) is 6.32. The van der Waals surface area contributed by atoms with Gasteiger partial charge in [-0.25, -0.2) is 4.90 Å². The Balaban J connectivity index is 1.44. The van der Waals surface area contributed by atoms with E-state index in [1.54, 1.807) is 19.1 Å². The number of imide groups is 1. The summed E-state index contributed by atoms with van der Waals surface area (Å²) in [5.41, 5.74) is 2.42. The van der Waals surface area contributed by atoms with Gasteiger partial charge in [-0.15, -0.1) is 0 Å². The van der Waals surface area contributed by atoms with Crippen molar-refractivity contribution in [3.8, 4) is 0 Å². The molecule has 3 saturated heterocycles. The van der Waals surface area contributed by atoms with Gasteiger partial charge >= 0.3 is 5.97 Å². The van der Waals surface area contributed by atoms with Crippen molar-refractivity contribution in [2.45, 2.75) is 64.5 Å². The molecule has 6 rings (SSSR count). The Morgan fingerprint density at radius 2 is 1.67 bits per heavy atom. The number of amides is 2. The fourth-order valence-corrected chi connectivity index (χ4v) is 6.22. The third kappa shape index (κ3) is 4.34. The van der Waals surface area contributed by atoms with Crippen LogP contribution in [0.2, 0.25) is 0 Å². The van der Waals surface area contributed by atoms with Gasteiger partial charge in [-0.3, -0.25) is 19.3 Å². The SMILES string of the molecule is CCOC(=O)[C@@H]1[C@@H]2C(=O)N(c3ccc(C)cc3)C(=O)[C@@H]2[C@@H](C2=C[C@H]3OC(C)(C)O[C@H]3O2)N1Cc1ccccc1. The Labute approximate surface area is 227 Å². The molecule has 0 aliphatic carbocycles. The van der Waals surface area contributed by atoms with Crippen LogP contribution in [0, 0.1) is 18.8 Å². The van der Waals surface area contributed by atoms with Crippen LogP contribution in [0.5, 0.6) is 0 Å². The highest BCUT2D eigenvalue weighted by Gasteiger charge is 2.66. The fourth-order valence-electron chi connectivity index (χ4n) is 6.22. The number of benzene rings is 2. The van der Waals surface area contributed by atoms with Crippen LogP contribution in [0.4, 0.5) is 5.69 Å². The van der Waals surface area contributed by atoms with Gasteiger partial charge < -0.3 is 18.9 Å². The van der Waals surface area contributed by atoms with Crippen LogP contribution >= 0.6 is 0 Å². The number of hydrogen-bond donors (Lipinski definition) is 0. The summed E-state index contributed by atoms with van der Waals surface area (Å²) in [6, 6.07) is 15.2. The average Bonchev–Trinajstić information content (AvgIpc) is 3.57. The number of fused-ring (bicyclic) bond motifs is 2. The average molecular weight is 533 g/mol. The van der Waals surface area contributed by atoms with Gasteiger partial charge in [0.25, 0.3) is 0 Å². The van der Waals surface area contributed by atoms with Crippen molar-refractivity contribution < 1.29 is 33.3 Å². The Morgan fingerprint density at radius 3 is 2.33 bits per heavy atom. The van der Waals surface area contributed by atoms with E-state index in [4.69, 9.17) is 18.9 Å². The molecule has 4 heterocycles. The predicted molar refractivity (Wildman–Crippen MR) is 140 cm³/mol. The molecule has 204 valence electrons. The lowest BCUT2D eigenvalue weighted by Gasteiger charge is -2.33. The molecule has 9 nitrogen and oxygen atoms in total.